The summed E-state index contributed by atoms with van der Waals surface area (Å²) in [5.41, 5.74) is 1.50. The van der Waals surface area contributed by atoms with Crippen LogP contribution >= 0.6 is 0 Å². The van der Waals surface area contributed by atoms with E-state index in [2.05, 4.69) is 5.32 Å². The van der Waals surface area contributed by atoms with Gasteiger partial charge < -0.3 is 5.32 Å². The second-order valence-electron chi connectivity index (χ2n) is 11.0. The lowest BCUT2D eigenvalue weighted by molar-refractivity contribution is -0.126. The number of carbonyl (C=O) groups is 1. The Balaban J connectivity index is 1.16. The number of rotatable bonds is 7. The summed E-state index contributed by atoms with van der Waals surface area (Å²) in [6.07, 6.45) is 10.8. The molecule has 0 aliphatic heterocycles. The smallest absolute Gasteiger partial charge is 0.268 e. The van der Waals surface area contributed by atoms with Crippen molar-refractivity contribution in [1.82, 2.24) is 9.29 Å². The highest BCUT2D eigenvalue weighted by Crippen LogP contribution is 2.55. The number of halogens is 1. The summed E-state index contributed by atoms with van der Waals surface area (Å²) in [5.74, 6) is 2.01. The van der Waals surface area contributed by atoms with Gasteiger partial charge in [-0.05, 0) is 105 Å². The Bertz CT molecular complexity index is 1340. The van der Waals surface area contributed by atoms with Crippen molar-refractivity contribution in [3.05, 3.63) is 66.1 Å². The maximum atomic E-state index is 13.3. The lowest BCUT2D eigenvalue weighted by Crippen LogP contribution is -2.59. The Labute approximate surface area is 205 Å². The van der Waals surface area contributed by atoms with Gasteiger partial charge in [0.2, 0.25) is 5.91 Å². The largest absolute Gasteiger partial charge is 0.351 e. The molecule has 0 spiro atoms. The van der Waals surface area contributed by atoms with Crippen molar-refractivity contribution in [2.24, 2.45) is 17.8 Å². The van der Waals surface area contributed by atoms with Crippen molar-refractivity contribution in [1.29, 1.82) is 0 Å². The first kappa shape index (κ1) is 22.8. The van der Waals surface area contributed by atoms with E-state index in [9.17, 15) is 17.6 Å². The van der Waals surface area contributed by atoms with Gasteiger partial charge in [-0.3, -0.25) is 4.79 Å². The molecule has 4 bridgehead atoms. The fraction of sp³-hybridized carbons (Fsp3) is 0.464. The normalized spacial score (nSPS) is 27.4. The van der Waals surface area contributed by atoms with Gasteiger partial charge in [-0.15, -0.1) is 0 Å². The van der Waals surface area contributed by atoms with E-state index in [-0.39, 0.29) is 16.3 Å². The number of nitrogens with zero attached hydrogens (tertiary/aromatic N) is 1. The molecular formula is C28H31FN2O3S. The molecule has 1 amide bonds. The van der Waals surface area contributed by atoms with Crippen LogP contribution in [-0.2, 0) is 21.2 Å². The van der Waals surface area contributed by atoms with Crippen molar-refractivity contribution in [3.8, 4) is 0 Å². The first-order valence-electron chi connectivity index (χ1n) is 12.7. The van der Waals surface area contributed by atoms with Gasteiger partial charge in [-0.25, -0.2) is 16.8 Å². The quantitative estimate of drug-likeness (QED) is 0.477. The van der Waals surface area contributed by atoms with E-state index in [1.54, 1.807) is 12.3 Å². The van der Waals surface area contributed by atoms with E-state index in [1.165, 1.54) is 35.4 Å². The molecule has 4 fully saturated rings. The van der Waals surface area contributed by atoms with Crippen LogP contribution in [0.4, 0.5) is 4.39 Å². The number of benzene rings is 2. The van der Waals surface area contributed by atoms with Gasteiger partial charge in [0.1, 0.15) is 5.82 Å². The van der Waals surface area contributed by atoms with Crippen LogP contribution < -0.4 is 5.32 Å². The maximum absolute atomic E-state index is 13.3. The SMILES string of the molecule is O=C(CCCc1cn(S(=O)(=O)c2ccc(F)cc2)c2ccccc12)NC12CC3CC(CC(C3)C1)C2. The van der Waals surface area contributed by atoms with Gasteiger partial charge >= 0.3 is 0 Å². The summed E-state index contributed by atoms with van der Waals surface area (Å²) in [5, 5.41) is 4.29. The molecule has 1 aromatic heterocycles. The van der Waals surface area contributed by atoms with Gasteiger partial charge in [0.15, 0.2) is 0 Å². The molecular weight excluding hydrogens is 463 g/mol. The van der Waals surface area contributed by atoms with Crippen LogP contribution in [0.5, 0.6) is 0 Å². The van der Waals surface area contributed by atoms with Gasteiger partial charge in [0.25, 0.3) is 10.0 Å². The summed E-state index contributed by atoms with van der Waals surface area (Å²) in [6, 6.07) is 12.3. The minimum Gasteiger partial charge on any atom is -0.351 e. The number of fused-ring (bicyclic) bond motifs is 1. The Morgan fingerprint density at radius 3 is 2.26 bits per heavy atom. The van der Waals surface area contributed by atoms with Crippen molar-refractivity contribution < 1.29 is 17.6 Å². The minimum atomic E-state index is -3.86. The first-order chi connectivity index (χ1) is 16.8. The summed E-state index contributed by atoms with van der Waals surface area (Å²) >= 11 is 0. The molecule has 0 unspecified atom stereocenters. The highest BCUT2D eigenvalue weighted by Gasteiger charge is 2.51. The van der Waals surface area contributed by atoms with E-state index in [1.807, 2.05) is 18.2 Å². The highest BCUT2D eigenvalue weighted by atomic mass is 32.2. The van der Waals surface area contributed by atoms with Gasteiger partial charge in [-0.1, -0.05) is 18.2 Å². The third-order valence-electron chi connectivity index (χ3n) is 8.42. The van der Waals surface area contributed by atoms with E-state index < -0.39 is 15.8 Å². The molecule has 4 aliphatic carbocycles. The van der Waals surface area contributed by atoms with Crippen LogP contribution in [0.25, 0.3) is 10.9 Å². The number of nitrogens with one attached hydrogen (secondary N) is 1. The Morgan fingerprint density at radius 1 is 0.971 bits per heavy atom. The van der Waals surface area contributed by atoms with Crippen LogP contribution in [0.3, 0.4) is 0 Å². The number of aryl methyl sites for hydroxylation is 1. The van der Waals surface area contributed by atoms with Crippen molar-refractivity contribution in [2.75, 3.05) is 0 Å². The second-order valence-corrected chi connectivity index (χ2v) is 12.8. The molecule has 1 N–H and O–H groups in total. The number of para-hydroxylation sites is 1. The highest BCUT2D eigenvalue weighted by molar-refractivity contribution is 7.90. The van der Waals surface area contributed by atoms with Gasteiger partial charge in [0.05, 0.1) is 10.4 Å². The topological polar surface area (TPSA) is 68.2 Å². The summed E-state index contributed by atoms with van der Waals surface area (Å²) in [6.45, 7) is 0. The minimum absolute atomic E-state index is 0.0189. The van der Waals surface area contributed by atoms with Crippen molar-refractivity contribution >= 4 is 26.8 Å². The molecule has 7 rings (SSSR count). The van der Waals surface area contributed by atoms with Crippen molar-refractivity contribution in [3.63, 3.8) is 0 Å². The predicted molar refractivity (Wildman–Crippen MR) is 133 cm³/mol. The molecule has 0 saturated heterocycles. The van der Waals surface area contributed by atoms with Gasteiger partial charge in [-0.2, -0.15) is 0 Å². The average molecular weight is 495 g/mol. The molecule has 184 valence electrons. The molecule has 7 heteroatoms. The fourth-order valence-corrected chi connectivity index (χ4v) is 8.79. The number of hydrogen-bond donors (Lipinski definition) is 1. The Kier molecular flexibility index (Phi) is 5.51. The van der Waals surface area contributed by atoms with E-state index in [4.69, 9.17) is 0 Å². The third kappa shape index (κ3) is 4.18. The molecule has 5 nitrogen and oxygen atoms in total. The lowest BCUT2D eigenvalue weighted by atomic mass is 9.53. The standard InChI is InChI=1S/C28H31FN2O3S/c29-23-8-10-24(11-9-23)35(33,34)31-18-22(25-5-1-2-6-26(25)31)4-3-7-27(32)30-28-15-19-12-20(16-28)14-21(13-19)17-28/h1-2,5-6,8-11,18-21H,3-4,7,12-17H2,(H,30,32). The Morgan fingerprint density at radius 2 is 1.60 bits per heavy atom. The van der Waals surface area contributed by atoms with Crippen LogP contribution in [0.1, 0.15) is 56.9 Å². The average Bonchev–Trinajstić information content (AvgIpc) is 3.18. The van der Waals surface area contributed by atoms with Crippen LogP contribution in [0.2, 0.25) is 0 Å². The van der Waals surface area contributed by atoms with Crippen molar-refractivity contribution in [2.45, 2.75) is 68.2 Å². The zero-order chi connectivity index (χ0) is 24.2. The third-order valence-corrected chi connectivity index (χ3v) is 10.1. The lowest BCUT2D eigenvalue weighted by Gasteiger charge is -2.56. The zero-order valence-corrected chi connectivity index (χ0v) is 20.6. The maximum Gasteiger partial charge on any atom is 0.268 e. The monoisotopic (exact) mass is 494 g/mol. The molecule has 4 aliphatic rings. The molecule has 2 aromatic carbocycles. The van der Waals surface area contributed by atoms with Crippen LogP contribution in [0, 0.1) is 23.6 Å². The molecule has 0 radical (unpaired) electrons. The van der Waals surface area contributed by atoms with Crippen LogP contribution in [0.15, 0.2) is 59.6 Å². The summed E-state index contributed by atoms with van der Waals surface area (Å²) < 4.78 is 41.2. The molecule has 4 saturated carbocycles. The molecule has 1 heterocycles. The number of aromatic nitrogens is 1. The fourth-order valence-electron chi connectivity index (χ4n) is 7.40. The molecule has 3 aromatic rings. The second kappa shape index (κ2) is 8.47. The van der Waals surface area contributed by atoms with Gasteiger partial charge in [0, 0.05) is 23.5 Å². The number of amides is 1. The molecule has 35 heavy (non-hydrogen) atoms. The number of carbonyl (C=O) groups excluding carboxylic acids is 1. The first-order valence-corrected chi connectivity index (χ1v) is 14.2. The number of hydrogen-bond acceptors (Lipinski definition) is 3. The zero-order valence-electron chi connectivity index (χ0n) is 19.8. The van der Waals surface area contributed by atoms with Crippen LogP contribution in [-0.4, -0.2) is 23.8 Å². The summed E-state index contributed by atoms with van der Waals surface area (Å²) in [7, 11) is -3.86. The van der Waals surface area contributed by atoms with E-state index in [0.29, 0.717) is 24.8 Å². The summed E-state index contributed by atoms with van der Waals surface area (Å²) in [4.78, 5) is 13.0. The van der Waals surface area contributed by atoms with E-state index >= 15 is 0 Å². The predicted octanol–water partition coefficient (Wildman–Crippen LogP) is 5.43. The Hall–Kier alpha value is -2.67. The van der Waals surface area contributed by atoms with E-state index in [0.717, 1.165) is 60.1 Å². The molecule has 0 atom stereocenters.